The molecule has 0 aliphatic rings. The van der Waals surface area contributed by atoms with Crippen LogP contribution in [0.5, 0.6) is 5.75 Å². The Morgan fingerprint density at radius 2 is 2.05 bits per heavy atom. The Morgan fingerprint density at radius 1 is 1.26 bits per heavy atom. The maximum Gasteiger partial charge on any atom is 0.206 e. The SMILES string of the molecule is CC(C)Cc1nnc(NC(C)c2cccc(O)c2)s1. The minimum absolute atomic E-state index is 0.0898. The lowest BCUT2D eigenvalue weighted by Crippen LogP contribution is -2.06. The van der Waals surface area contributed by atoms with Gasteiger partial charge in [0, 0.05) is 6.42 Å². The molecule has 0 fully saturated rings. The number of phenolic OH excluding ortho intramolecular Hbond substituents is 1. The van der Waals surface area contributed by atoms with Crippen LogP contribution < -0.4 is 5.32 Å². The van der Waals surface area contributed by atoms with Crippen molar-refractivity contribution in [2.45, 2.75) is 33.2 Å². The molecule has 1 heterocycles. The maximum absolute atomic E-state index is 9.48. The van der Waals surface area contributed by atoms with Gasteiger partial charge in [-0.3, -0.25) is 0 Å². The van der Waals surface area contributed by atoms with E-state index in [-0.39, 0.29) is 11.8 Å². The molecule has 0 saturated carbocycles. The highest BCUT2D eigenvalue weighted by Gasteiger charge is 2.10. The van der Waals surface area contributed by atoms with Gasteiger partial charge in [-0.2, -0.15) is 0 Å². The van der Waals surface area contributed by atoms with Crippen molar-refractivity contribution in [1.29, 1.82) is 0 Å². The minimum Gasteiger partial charge on any atom is -0.508 e. The number of phenols is 1. The molecule has 1 aromatic carbocycles. The molecule has 102 valence electrons. The highest BCUT2D eigenvalue weighted by atomic mass is 32.1. The maximum atomic E-state index is 9.48. The predicted molar refractivity (Wildman–Crippen MR) is 78.6 cm³/mol. The zero-order valence-corrected chi connectivity index (χ0v) is 12.2. The number of hydrogen-bond donors (Lipinski definition) is 2. The molecular formula is C14H19N3OS. The van der Waals surface area contributed by atoms with Crippen molar-refractivity contribution < 1.29 is 5.11 Å². The van der Waals surface area contributed by atoms with Crippen molar-refractivity contribution in [3.63, 3.8) is 0 Å². The first-order valence-corrected chi connectivity index (χ1v) is 7.24. The van der Waals surface area contributed by atoms with Gasteiger partial charge in [-0.1, -0.05) is 37.3 Å². The molecule has 0 spiro atoms. The largest absolute Gasteiger partial charge is 0.508 e. The molecule has 2 N–H and O–H groups in total. The molecule has 2 rings (SSSR count). The third kappa shape index (κ3) is 3.92. The van der Waals surface area contributed by atoms with E-state index in [1.54, 1.807) is 23.5 Å². The second kappa shape index (κ2) is 6.02. The van der Waals surface area contributed by atoms with E-state index >= 15 is 0 Å². The first-order valence-electron chi connectivity index (χ1n) is 6.42. The fraction of sp³-hybridized carbons (Fsp3) is 0.429. The average molecular weight is 277 g/mol. The Morgan fingerprint density at radius 3 is 2.74 bits per heavy atom. The molecule has 2 aromatic rings. The van der Waals surface area contributed by atoms with Crippen molar-refractivity contribution in [3.8, 4) is 5.75 Å². The highest BCUT2D eigenvalue weighted by molar-refractivity contribution is 7.15. The van der Waals surface area contributed by atoms with Gasteiger partial charge in [0.05, 0.1) is 6.04 Å². The summed E-state index contributed by atoms with van der Waals surface area (Å²) in [6.45, 7) is 6.38. The molecule has 19 heavy (non-hydrogen) atoms. The van der Waals surface area contributed by atoms with E-state index in [1.165, 1.54) is 0 Å². The molecule has 1 aromatic heterocycles. The Balaban J connectivity index is 2.02. The third-order valence-electron chi connectivity index (χ3n) is 2.76. The first kappa shape index (κ1) is 13.8. The van der Waals surface area contributed by atoms with Crippen LogP contribution in [-0.2, 0) is 6.42 Å². The number of hydrogen-bond acceptors (Lipinski definition) is 5. The normalized spacial score (nSPS) is 12.6. The van der Waals surface area contributed by atoms with E-state index in [1.807, 2.05) is 19.1 Å². The van der Waals surface area contributed by atoms with Crippen LogP contribution in [0.25, 0.3) is 0 Å². The summed E-state index contributed by atoms with van der Waals surface area (Å²) in [5.41, 5.74) is 1.03. The number of benzene rings is 1. The topological polar surface area (TPSA) is 58.0 Å². The van der Waals surface area contributed by atoms with Gasteiger partial charge < -0.3 is 10.4 Å². The fourth-order valence-corrected chi connectivity index (χ4v) is 2.85. The number of anilines is 1. The zero-order chi connectivity index (χ0) is 13.8. The first-order chi connectivity index (χ1) is 9.04. The molecule has 0 aliphatic heterocycles. The Hall–Kier alpha value is -1.62. The lowest BCUT2D eigenvalue weighted by atomic mass is 10.1. The predicted octanol–water partition coefficient (Wildman–Crippen LogP) is 3.62. The van der Waals surface area contributed by atoms with Crippen LogP contribution in [0.15, 0.2) is 24.3 Å². The number of aromatic nitrogens is 2. The molecule has 0 aliphatic carbocycles. The number of rotatable bonds is 5. The molecule has 1 unspecified atom stereocenters. The lowest BCUT2D eigenvalue weighted by Gasteiger charge is -2.12. The van der Waals surface area contributed by atoms with Crippen LogP contribution in [-0.4, -0.2) is 15.3 Å². The molecule has 5 heteroatoms. The quantitative estimate of drug-likeness (QED) is 0.876. The standard InChI is InChI=1S/C14H19N3OS/c1-9(2)7-13-16-17-14(19-13)15-10(3)11-5-4-6-12(18)8-11/h4-6,8-10,18H,7H2,1-3H3,(H,15,17). The van der Waals surface area contributed by atoms with E-state index in [0.717, 1.165) is 22.1 Å². The monoisotopic (exact) mass is 277 g/mol. The summed E-state index contributed by atoms with van der Waals surface area (Å²) in [4.78, 5) is 0. The van der Waals surface area contributed by atoms with Crippen LogP contribution >= 0.6 is 11.3 Å². The molecule has 0 bridgehead atoms. The molecule has 4 nitrogen and oxygen atoms in total. The van der Waals surface area contributed by atoms with Crippen molar-refractivity contribution in [2.24, 2.45) is 5.92 Å². The van der Waals surface area contributed by atoms with Crippen molar-refractivity contribution in [2.75, 3.05) is 5.32 Å². The molecule has 1 atom stereocenters. The van der Waals surface area contributed by atoms with Gasteiger partial charge in [0.2, 0.25) is 5.13 Å². The van der Waals surface area contributed by atoms with E-state index in [2.05, 4.69) is 29.4 Å². The van der Waals surface area contributed by atoms with Gasteiger partial charge in [0.25, 0.3) is 0 Å². The van der Waals surface area contributed by atoms with Crippen molar-refractivity contribution >= 4 is 16.5 Å². The molecule has 0 saturated heterocycles. The Labute approximate surface area is 117 Å². The van der Waals surface area contributed by atoms with Crippen molar-refractivity contribution in [3.05, 3.63) is 34.8 Å². The summed E-state index contributed by atoms with van der Waals surface area (Å²) in [5, 5.41) is 23.0. The second-order valence-corrected chi connectivity index (χ2v) is 6.12. The van der Waals surface area contributed by atoms with Gasteiger partial charge in [-0.25, -0.2) is 0 Å². The summed E-state index contributed by atoms with van der Waals surface area (Å²) in [5.74, 6) is 0.869. The average Bonchev–Trinajstić information content (AvgIpc) is 2.75. The van der Waals surface area contributed by atoms with Crippen LogP contribution in [0.2, 0.25) is 0 Å². The number of nitrogens with one attached hydrogen (secondary N) is 1. The number of aromatic hydroxyl groups is 1. The molecular weight excluding hydrogens is 258 g/mol. The van der Waals surface area contributed by atoms with Crippen molar-refractivity contribution in [1.82, 2.24) is 10.2 Å². The van der Waals surface area contributed by atoms with Crippen LogP contribution in [0.1, 0.15) is 37.4 Å². The summed E-state index contributed by atoms with van der Waals surface area (Å²) < 4.78 is 0. The number of nitrogens with zero attached hydrogens (tertiary/aromatic N) is 2. The second-order valence-electron chi connectivity index (χ2n) is 5.06. The Kier molecular flexibility index (Phi) is 4.37. The summed E-state index contributed by atoms with van der Waals surface area (Å²) in [7, 11) is 0. The van der Waals surface area contributed by atoms with Gasteiger partial charge in [0.15, 0.2) is 0 Å². The van der Waals surface area contributed by atoms with Gasteiger partial charge >= 0.3 is 0 Å². The van der Waals surface area contributed by atoms with Gasteiger partial charge in [-0.05, 0) is 30.5 Å². The molecule has 0 amide bonds. The summed E-state index contributed by atoms with van der Waals surface area (Å²) in [6, 6.07) is 7.34. The summed E-state index contributed by atoms with van der Waals surface area (Å²) >= 11 is 1.59. The summed E-state index contributed by atoms with van der Waals surface area (Å²) in [6.07, 6.45) is 0.958. The lowest BCUT2D eigenvalue weighted by molar-refractivity contribution is 0.474. The van der Waals surface area contributed by atoms with Crippen LogP contribution in [0, 0.1) is 5.92 Å². The minimum atomic E-state index is 0.0898. The van der Waals surface area contributed by atoms with E-state index < -0.39 is 0 Å². The molecule has 0 radical (unpaired) electrons. The van der Waals surface area contributed by atoms with E-state index in [0.29, 0.717) is 5.92 Å². The van der Waals surface area contributed by atoms with E-state index in [9.17, 15) is 5.11 Å². The highest BCUT2D eigenvalue weighted by Crippen LogP contribution is 2.25. The fourth-order valence-electron chi connectivity index (χ4n) is 1.81. The Bertz CT molecular complexity index is 539. The smallest absolute Gasteiger partial charge is 0.206 e. The van der Waals surface area contributed by atoms with Gasteiger partial charge in [0.1, 0.15) is 10.8 Å². The van der Waals surface area contributed by atoms with Crippen LogP contribution in [0.4, 0.5) is 5.13 Å². The zero-order valence-electron chi connectivity index (χ0n) is 11.4. The van der Waals surface area contributed by atoms with E-state index in [4.69, 9.17) is 0 Å². The third-order valence-corrected chi connectivity index (χ3v) is 3.64. The van der Waals surface area contributed by atoms with Gasteiger partial charge in [-0.15, -0.1) is 10.2 Å². The van der Waals surface area contributed by atoms with Crippen LogP contribution in [0.3, 0.4) is 0 Å².